The summed E-state index contributed by atoms with van der Waals surface area (Å²) >= 11 is 1.23. The summed E-state index contributed by atoms with van der Waals surface area (Å²) in [5.74, 6) is -0.391. The first-order chi connectivity index (χ1) is 5.16. The summed E-state index contributed by atoms with van der Waals surface area (Å²) in [6, 6.07) is 0. The van der Waals surface area contributed by atoms with Crippen LogP contribution in [0.1, 0.15) is 15.9 Å². The van der Waals surface area contributed by atoms with Crippen LogP contribution < -0.4 is 5.73 Å². The van der Waals surface area contributed by atoms with Gasteiger partial charge in [-0.1, -0.05) is 17.5 Å². The molecule has 3 nitrogen and oxygen atoms in total. The number of methoxy groups -OCH3 is 1. The molecule has 0 aliphatic carbocycles. The molecule has 0 aliphatic rings. The predicted molar refractivity (Wildman–Crippen MR) is 43.6 cm³/mol. The first-order valence-electron chi connectivity index (χ1n) is 3.01. The molecule has 1 aromatic rings. The van der Waals surface area contributed by atoms with E-state index in [0.29, 0.717) is 10.6 Å². The molecule has 0 fully saturated rings. The molecule has 1 heterocycles. The average Bonchev–Trinajstić information content (AvgIpc) is 2.30. The maximum Gasteiger partial charge on any atom is 0.272 e. The second kappa shape index (κ2) is 4.95. The second-order valence-corrected chi connectivity index (χ2v) is 2.91. The molecule has 12 heavy (non-hydrogen) atoms. The molecule has 0 spiro atoms. The van der Waals surface area contributed by atoms with Crippen molar-refractivity contribution in [2.75, 3.05) is 12.8 Å². The van der Waals surface area contributed by atoms with Gasteiger partial charge in [0.05, 0.1) is 7.11 Å². The van der Waals surface area contributed by atoms with Crippen LogP contribution in [-0.2, 0) is 37.4 Å². The first kappa shape index (κ1) is 12.1. The molecule has 0 atom stereocenters. The van der Waals surface area contributed by atoms with Crippen LogP contribution in [0.3, 0.4) is 0 Å². The van der Waals surface area contributed by atoms with Crippen molar-refractivity contribution in [1.29, 1.82) is 0 Å². The zero-order valence-corrected chi connectivity index (χ0v) is 10.5. The van der Waals surface area contributed by atoms with E-state index in [4.69, 9.17) is 5.73 Å². The fourth-order valence-corrected chi connectivity index (χ4v) is 1.48. The van der Waals surface area contributed by atoms with Gasteiger partial charge in [-0.25, -0.2) is 0 Å². The summed E-state index contributed by atoms with van der Waals surface area (Å²) in [5, 5.41) is 3.33. The zero-order valence-electron chi connectivity index (χ0n) is 6.88. The van der Waals surface area contributed by atoms with Crippen LogP contribution in [-0.4, -0.2) is 13.1 Å². The van der Waals surface area contributed by atoms with Crippen LogP contribution in [0.15, 0.2) is 0 Å². The van der Waals surface area contributed by atoms with E-state index in [1.807, 2.05) is 0 Å². The number of esters is 1. The Balaban J connectivity index is 0.00000121. The molecule has 2 N–H and O–H groups in total. The molecular formula is C7H8NO2SY-. The number of nitrogens with two attached hydrogens (primary N) is 1. The molecule has 0 amide bonds. The summed E-state index contributed by atoms with van der Waals surface area (Å²) < 4.78 is 4.52. The molecule has 1 rings (SSSR count). The van der Waals surface area contributed by atoms with Gasteiger partial charge in [-0.2, -0.15) is 0 Å². The number of hydrogen-bond donors (Lipinski definition) is 1. The molecular weight excluding hydrogens is 251 g/mol. The summed E-state index contributed by atoms with van der Waals surface area (Å²) in [6.45, 7) is 1.78. The van der Waals surface area contributed by atoms with Gasteiger partial charge in [0.2, 0.25) is 0 Å². The van der Waals surface area contributed by atoms with Gasteiger partial charge in [0.15, 0.2) is 0 Å². The molecule has 0 saturated heterocycles. The number of carbonyl (C=O) groups is 1. The number of rotatable bonds is 1. The predicted octanol–water partition coefficient (Wildman–Crippen LogP) is 1.22. The van der Waals surface area contributed by atoms with Gasteiger partial charge in [-0.15, -0.1) is 10.9 Å². The Morgan fingerprint density at radius 1 is 1.67 bits per heavy atom. The van der Waals surface area contributed by atoms with Crippen LogP contribution in [0.4, 0.5) is 5.00 Å². The Morgan fingerprint density at radius 3 is 2.58 bits per heavy atom. The average molecular weight is 259 g/mol. The van der Waals surface area contributed by atoms with E-state index < -0.39 is 5.97 Å². The van der Waals surface area contributed by atoms with Gasteiger partial charge in [0.1, 0.15) is 0 Å². The molecule has 5 heteroatoms. The molecule has 0 unspecified atom stereocenters. The minimum Gasteiger partial charge on any atom is -0.475 e. The van der Waals surface area contributed by atoms with Crippen LogP contribution in [0.5, 0.6) is 0 Å². The number of thiophene rings is 1. The largest absolute Gasteiger partial charge is 0.475 e. The number of nitrogen functional groups attached to an aromatic ring is 1. The van der Waals surface area contributed by atoms with Crippen molar-refractivity contribution in [2.45, 2.75) is 6.92 Å². The van der Waals surface area contributed by atoms with Crippen LogP contribution in [0.25, 0.3) is 0 Å². The van der Waals surface area contributed by atoms with E-state index in [2.05, 4.69) is 10.1 Å². The maximum atomic E-state index is 11.0. The van der Waals surface area contributed by atoms with E-state index in [-0.39, 0.29) is 32.7 Å². The van der Waals surface area contributed by atoms with Crippen molar-refractivity contribution in [2.24, 2.45) is 0 Å². The van der Waals surface area contributed by atoms with Gasteiger partial charge in [0, 0.05) is 32.7 Å². The van der Waals surface area contributed by atoms with Gasteiger partial charge in [0.25, 0.3) is 5.97 Å². The van der Waals surface area contributed by atoms with E-state index in [9.17, 15) is 4.79 Å². The monoisotopic (exact) mass is 259 g/mol. The zero-order chi connectivity index (χ0) is 8.43. The summed E-state index contributed by atoms with van der Waals surface area (Å²) in [4.78, 5) is 11.0. The minimum atomic E-state index is -0.391. The normalized spacial score (nSPS) is 8.83. The maximum absolute atomic E-state index is 11.0. The molecule has 1 aromatic heterocycles. The first-order valence-corrected chi connectivity index (χ1v) is 3.83. The third-order valence-electron chi connectivity index (χ3n) is 1.32. The van der Waals surface area contributed by atoms with Crippen molar-refractivity contribution in [3.05, 3.63) is 16.5 Å². The van der Waals surface area contributed by atoms with E-state index in [1.165, 1.54) is 18.4 Å². The topological polar surface area (TPSA) is 52.3 Å². The Morgan fingerprint density at radius 2 is 2.25 bits per heavy atom. The molecule has 0 aliphatic heterocycles. The standard InChI is InChI=1S/C7H8NO2S.Y/c1-4-3-11-6(8)5(4)7(9)10-2;/h8H2,1-2H3;/q-1;. The number of aryl methyl sites for hydroxylation is 1. The Kier molecular flexibility index (Phi) is 4.98. The van der Waals surface area contributed by atoms with Gasteiger partial charge in [-0.05, 0) is 0 Å². The summed E-state index contributed by atoms with van der Waals surface area (Å²) in [6.07, 6.45) is 0. The van der Waals surface area contributed by atoms with Gasteiger partial charge in [-0.3, -0.25) is 16.1 Å². The summed E-state index contributed by atoms with van der Waals surface area (Å²) in [7, 11) is 1.33. The third-order valence-corrected chi connectivity index (χ3v) is 2.16. The van der Waals surface area contributed by atoms with Crippen molar-refractivity contribution in [3.63, 3.8) is 0 Å². The number of anilines is 1. The van der Waals surface area contributed by atoms with Crippen molar-refractivity contribution >= 4 is 22.3 Å². The number of ether oxygens (including phenoxy) is 1. The Bertz CT molecular complexity index is 265. The van der Waals surface area contributed by atoms with Gasteiger partial charge < -0.3 is 10.5 Å². The molecule has 0 bridgehead atoms. The molecule has 0 aromatic carbocycles. The quantitative estimate of drug-likeness (QED) is 0.609. The second-order valence-electron chi connectivity index (χ2n) is 2.06. The van der Waals surface area contributed by atoms with Crippen LogP contribution >= 0.6 is 11.3 Å². The van der Waals surface area contributed by atoms with Crippen LogP contribution in [0.2, 0.25) is 0 Å². The fraction of sp³-hybridized carbons (Fsp3) is 0.286. The third kappa shape index (κ3) is 2.28. The van der Waals surface area contributed by atoms with Gasteiger partial charge >= 0.3 is 0 Å². The fourth-order valence-electron chi connectivity index (χ4n) is 0.774. The number of hydrogen-bond acceptors (Lipinski definition) is 4. The van der Waals surface area contributed by atoms with Crippen molar-refractivity contribution < 1.29 is 42.2 Å². The smallest absolute Gasteiger partial charge is 0.272 e. The Hall–Kier alpha value is 0.0739. The summed E-state index contributed by atoms with van der Waals surface area (Å²) in [5.41, 5.74) is 6.70. The van der Waals surface area contributed by atoms with Crippen molar-refractivity contribution in [1.82, 2.24) is 0 Å². The van der Waals surface area contributed by atoms with Crippen molar-refractivity contribution in [3.8, 4) is 0 Å². The molecule has 63 valence electrons. The Labute approximate surface area is 100 Å². The minimum absolute atomic E-state index is 0. The van der Waals surface area contributed by atoms with E-state index >= 15 is 0 Å². The SMILES string of the molecule is COC(=O)c1c(C)[c-]sc1N.[Y]. The molecule has 0 saturated carbocycles. The van der Waals surface area contributed by atoms with Crippen LogP contribution in [0, 0.1) is 12.3 Å². The van der Waals surface area contributed by atoms with E-state index in [0.717, 1.165) is 5.56 Å². The van der Waals surface area contributed by atoms with E-state index in [1.54, 1.807) is 6.92 Å². The number of carbonyl (C=O) groups excluding carboxylic acids is 1. The molecule has 1 radical (unpaired) electrons.